The Kier molecular flexibility index (Phi) is 5.20. The number of benzene rings is 1. The maximum atomic E-state index is 13.5. The molecule has 8 heteroatoms. The lowest BCUT2D eigenvalue weighted by molar-refractivity contribution is -0.145. The van der Waals surface area contributed by atoms with Gasteiger partial charge in [-0.15, -0.1) is 0 Å². The van der Waals surface area contributed by atoms with Crippen molar-refractivity contribution in [1.29, 1.82) is 0 Å². The van der Waals surface area contributed by atoms with Crippen molar-refractivity contribution >= 4 is 17.9 Å². The minimum Gasteiger partial charge on any atom is -0.461 e. The first-order valence-electron chi connectivity index (χ1n) is 8.65. The normalized spacial score (nSPS) is 18.9. The van der Waals surface area contributed by atoms with Crippen LogP contribution in [0.1, 0.15) is 44.1 Å². The average Bonchev–Trinajstić information content (AvgIpc) is 2.85. The largest absolute Gasteiger partial charge is 0.461 e. The molecule has 1 saturated heterocycles. The number of rotatable bonds is 5. The minimum atomic E-state index is -1.06. The van der Waals surface area contributed by atoms with Gasteiger partial charge in [0.2, 0.25) is 0 Å². The molecule has 3 amide bonds. The standard InChI is InChI=1S/C18H20F2N2O4/c19-13-6-4-5-12(15(13)20)11-26-14(23)7-10-22-16(24)18(21-17(22)25)8-2-1-3-9-18/h4-6H,1-3,7-11H2,(H,21,25). The molecular weight excluding hydrogens is 346 g/mol. The average molecular weight is 366 g/mol. The SMILES string of the molecule is O=C(CCN1C(=O)NC2(CCCCC2)C1=O)OCc1cccc(F)c1F. The van der Waals surface area contributed by atoms with Crippen molar-refractivity contribution < 1.29 is 27.9 Å². The van der Waals surface area contributed by atoms with Crippen molar-refractivity contribution in [2.75, 3.05) is 6.54 Å². The molecule has 1 spiro atoms. The molecule has 1 N–H and O–H groups in total. The van der Waals surface area contributed by atoms with Gasteiger partial charge in [-0.2, -0.15) is 0 Å². The van der Waals surface area contributed by atoms with E-state index in [0.717, 1.165) is 30.2 Å². The number of amides is 3. The molecule has 3 rings (SSSR count). The van der Waals surface area contributed by atoms with E-state index >= 15 is 0 Å². The molecule has 1 aliphatic heterocycles. The molecule has 1 heterocycles. The number of hydrogen-bond acceptors (Lipinski definition) is 4. The molecule has 0 radical (unpaired) electrons. The van der Waals surface area contributed by atoms with E-state index in [1.165, 1.54) is 12.1 Å². The van der Waals surface area contributed by atoms with Crippen LogP contribution in [0, 0.1) is 11.6 Å². The van der Waals surface area contributed by atoms with Crippen molar-refractivity contribution in [3.63, 3.8) is 0 Å². The Hall–Kier alpha value is -2.51. The topological polar surface area (TPSA) is 75.7 Å². The molecular formula is C18H20F2N2O4. The van der Waals surface area contributed by atoms with Crippen molar-refractivity contribution in [1.82, 2.24) is 10.2 Å². The highest BCUT2D eigenvalue weighted by Crippen LogP contribution is 2.33. The van der Waals surface area contributed by atoms with E-state index in [2.05, 4.69) is 5.32 Å². The summed E-state index contributed by atoms with van der Waals surface area (Å²) in [5.74, 6) is -3.07. The van der Waals surface area contributed by atoms with Crippen LogP contribution in [0.5, 0.6) is 0 Å². The molecule has 6 nitrogen and oxygen atoms in total. The summed E-state index contributed by atoms with van der Waals surface area (Å²) < 4.78 is 31.5. The number of esters is 1. The number of nitrogens with zero attached hydrogens (tertiary/aromatic N) is 1. The number of nitrogens with one attached hydrogen (secondary N) is 1. The Morgan fingerprint density at radius 3 is 2.65 bits per heavy atom. The molecule has 140 valence electrons. The van der Waals surface area contributed by atoms with Crippen LogP contribution in [0.4, 0.5) is 13.6 Å². The number of carbonyl (C=O) groups excluding carboxylic acids is 3. The van der Waals surface area contributed by atoms with E-state index in [0.29, 0.717) is 12.8 Å². The maximum Gasteiger partial charge on any atom is 0.325 e. The van der Waals surface area contributed by atoms with Gasteiger partial charge in [0.1, 0.15) is 12.1 Å². The van der Waals surface area contributed by atoms with Gasteiger partial charge < -0.3 is 10.1 Å². The van der Waals surface area contributed by atoms with Gasteiger partial charge in [0.05, 0.1) is 6.42 Å². The summed E-state index contributed by atoms with van der Waals surface area (Å²) in [4.78, 5) is 37.5. The third kappa shape index (κ3) is 3.54. The van der Waals surface area contributed by atoms with Gasteiger partial charge >= 0.3 is 12.0 Å². The maximum absolute atomic E-state index is 13.5. The lowest BCUT2D eigenvalue weighted by Gasteiger charge is -2.30. The molecule has 1 aliphatic carbocycles. The molecule has 0 bridgehead atoms. The van der Waals surface area contributed by atoms with E-state index in [-0.39, 0.29) is 24.4 Å². The fourth-order valence-electron chi connectivity index (χ4n) is 3.47. The Morgan fingerprint density at radius 1 is 1.19 bits per heavy atom. The molecule has 0 atom stereocenters. The quantitative estimate of drug-likeness (QED) is 0.642. The van der Waals surface area contributed by atoms with Gasteiger partial charge in [0, 0.05) is 12.1 Å². The van der Waals surface area contributed by atoms with Gasteiger partial charge in [-0.25, -0.2) is 13.6 Å². The molecule has 2 aliphatic rings. The van der Waals surface area contributed by atoms with Gasteiger partial charge in [-0.05, 0) is 18.9 Å². The summed E-state index contributed by atoms with van der Waals surface area (Å²) in [7, 11) is 0. The summed E-state index contributed by atoms with van der Waals surface area (Å²) in [6.45, 7) is -0.511. The van der Waals surface area contributed by atoms with Crippen molar-refractivity contribution in [2.45, 2.75) is 50.7 Å². The van der Waals surface area contributed by atoms with Gasteiger partial charge in [0.15, 0.2) is 11.6 Å². The summed E-state index contributed by atoms with van der Waals surface area (Å²) in [5.41, 5.74) is -0.904. The van der Waals surface area contributed by atoms with E-state index in [1.54, 1.807) is 0 Å². The molecule has 1 saturated carbocycles. The Morgan fingerprint density at radius 2 is 1.92 bits per heavy atom. The van der Waals surface area contributed by atoms with Crippen molar-refractivity contribution in [3.8, 4) is 0 Å². The van der Waals surface area contributed by atoms with Crippen LogP contribution < -0.4 is 5.32 Å². The van der Waals surface area contributed by atoms with Gasteiger partial charge in [0.25, 0.3) is 5.91 Å². The van der Waals surface area contributed by atoms with Gasteiger partial charge in [-0.3, -0.25) is 14.5 Å². The second kappa shape index (κ2) is 7.39. The number of halogens is 2. The molecule has 26 heavy (non-hydrogen) atoms. The van der Waals surface area contributed by atoms with Crippen LogP contribution in [-0.2, 0) is 20.9 Å². The minimum absolute atomic E-state index is 0.0745. The third-order valence-corrected chi connectivity index (χ3v) is 4.91. The zero-order valence-electron chi connectivity index (χ0n) is 14.2. The van der Waals surface area contributed by atoms with Crippen LogP contribution in [0.25, 0.3) is 0 Å². The molecule has 0 aromatic heterocycles. The van der Waals surface area contributed by atoms with Gasteiger partial charge in [-0.1, -0.05) is 31.4 Å². The van der Waals surface area contributed by atoms with Crippen LogP contribution in [0.2, 0.25) is 0 Å². The summed E-state index contributed by atoms with van der Waals surface area (Å²) in [5, 5.41) is 2.76. The highest BCUT2D eigenvalue weighted by molar-refractivity contribution is 6.07. The number of ether oxygens (including phenoxy) is 1. The third-order valence-electron chi connectivity index (χ3n) is 4.91. The highest BCUT2D eigenvalue weighted by Gasteiger charge is 2.51. The number of urea groups is 1. The Balaban J connectivity index is 1.52. The van der Waals surface area contributed by atoms with E-state index in [4.69, 9.17) is 4.74 Å². The van der Waals surface area contributed by atoms with Crippen molar-refractivity contribution in [2.24, 2.45) is 0 Å². The Bertz CT molecular complexity index is 732. The van der Waals surface area contributed by atoms with Crippen LogP contribution in [0.15, 0.2) is 18.2 Å². The predicted molar refractivity (Wildman–Crippen MR) is 86.8 cm³/mol. The van der Waals surface area contributed by atoms with E-state index in [9.17, 15) is 23.2 Å². The summed E-state index contributed by atoms with van der Waals surface area (Å²) >= 11 is 0. The van der Waals surface area contributed by atoms with Crippen LogP contribution >= 0.6 is 0 Å². The van der Waals surface area contributed by atoms with Crippen molar-refractivity contribution in [3.05, 3.63) is 35.4 Å². The number of imide groups is 1. The first kappa shape index (κ1) is 18.3. The summed E-state index contributed by atoms with van der Waals surface area (Å²) in [6, 6.07) is 3.11. The zero-order chi connectivity index (χ0) is 18.7. The summed E-state index contributed by atoms with van der Waals surface area (Å²) in [6.07, 6.45) is 3.80. The zero-order valence-corrected chi connectivity index (χ0v) is 14.2. The van der Waals surface area contributed by atoms with Crippen LogP contribution in [-0.4, -0.2) is 34.9 Å². The number of carbonyl (C=O) groups is 3. The highest BCUT2D eigenvalue weighted by atomic mass is 19.2. The number of hydrogen-bond donors (Lipinski definition) is 1. The first-order chi connectivity index (χ1) is 12.4. The van der Waals surface area contributed by atoms with E-state index in [1.807, 2.05) is 0 Å². The first-order valence-corrected chi connectivity index (χ1v) is 8.65. The Labute approximate surface area is 149 Å². The fourth-order valence-corrected chi connectivity index (χ4v) is 3.47. The lowest BCUT2D eigenvalue weighted by Crippen LogP contribution is -2.48. The second-order valence-corrected chi connectivity index (χ2v) is 6.65. The molecule has 2 fully saturated rings. The second-order valence-electron chi connectivity index (χ2n) is 6.65. The monoisotopic (exact) mass is 366 g/mol. The van der Waals surface area contributed by atoms with Crippen LogP contribution in [0.3, 0.4) is 0 Å². The molecule has 1 aromatic carbocycles. The fraction of sp³-hybridized carbons (Fsp3) is 0.500. The van der Waals surface area contributed by atoms with E-state index < -0.39 is 35.8 Å². The molecule has 0 unspecified atom stereocenters. The predicted octanol–water partition coefficient (Wildman–Crippen LogP) is 2.65. The lowest BCUT2D eigenvalue weighted by atomic mass is 9.82. The molecule has 1 aromatic rings. The smallest absolute Gasteiger partial charge is 0.325 e.